The molecule has 0 saturated heterocycles. The zero-order chi connectivity index (χ0) is 13.5. The van der Waals surface area contributed by atoms with Gasteiger partial charge in [0.05, 0.1) is 0 Å². The molecule has 0 aliphatic rings. The van der Waals surface area contributed by atoms with Gasteiger partial charge in [0.2, 0.25) is 0 Å². The van der Waals surface area contributed by atoms with Crippen molar-refractivity contribution in [3.63, 3.8) is 0 Å². The molecule has 0 heterocycles. The predicted molar refractivity (Wildman–Crippen MR) is 72.9 cm³/mol. The molecule has 0 saturated carbocycles. The normalized spacial score (nSPS) is 10.9. The third kappa shape index (κ3) is 2.84. The van der Waals surface area contributed by atoms with E-state index in [0.29, 0.717) is 5.56 Å². The lowest BCUT2D eigenvalue weighted by Gasteiger charge is -2.12. The van der Waals surface area contributed by atoms with Crippen LogP contribution in [0.4, 0.5) is 0 Å². The number of nitrogens with zero attached hydrogens (tertiary/aromatic N) is 6. The van der Waals surface area contributed by atoms with Crippen molar-refractivity contribution in [2.45, 2.75) is 6.17 Å². The van der Waals surface area contributed by atoms with Gasteiger partial charge in [-0.2, -0.15) is 0 Å². The standard InChI is InChI=1S/C13H10N6/c14-18-16-13(17-19-15)12-9-5-4-8-11(12)10-6-2-1-3-7-10/h1-9,13H. The van der Waals surface area contributed by atoms with Gasteiger partial charge in [0, 0.05) is 9.82 Å². The van der Waals surface area contributed by atoms with Crippen molar-refractivity contribution >= 4 is 0 Å². The molecule has 0 atom stereocenters. The molecule has 2 aromatic carbocycles. The number of benzene rings is 2. The molecule has 0 N–H and O–H groups in total. The summed E-state index contributed by atoms with van der Waals surface area (Å²) in [6.45, 7) is 0. The van der Waals surface area contributed by atoms with Crippen molar-refractivity contribution < 1.29 is 0 Å². The SMILES string of the molecule is [N-]=[N+]=NC(N=[N+]=[N-])c1ccccc1-c1ccccc1. The van der Waals surface area contributed by atoms with Crippen LogP contribution < -0.4 is 0 Å². The van der Waals surface area contributed by atoms with Gasteiger partial charge in [-0.15, -0.1) is 0 Å². The fourth-order valence-electron chi connectivity index (χ4n) is 1.85. The summed E-state index contributed by atoms with van der Waals surface area (Å²) in [4.78, 5) is 5.45. The lowest BCUT2D eigenvalue weighted by Crippen LogP contribution is -1.93. The molecular weight excluding hydrogens is 240 g/mol. The van der Waals surface area contributed by atoms with Crippen molar-refractivity contribution in [2.75, 3.05) is 0 Å². The lowest BCUT2D eigenvalue weighted by atomic mass is 9.98. The van der Waals surface area contributed by atoms with E-state index in [4.69, 9.17) is 11.1 Å². The average Bonchev–Trinajstić information content (AvgIpc) is 2.48. The fraction of sp³-hybridized carbons (Fsp3) is 0.0769. The molecule has 0 bridgehead atoms. The summed E-state index contributed by atoms with van der Waals surface area (Å²) in [6.07, 6.45) is -0.883. The molecule has 0 radical (unpaired) electrons. The molecule has 0 amide bonds. The van der Waals surface area contributed by atoms with Crippen molar-refractivity contribution in [1.82, 2.24) is 0 Å². The van der Waals surface area contributed by atoms with Gasteiger partial charge in [0.15, 0.2) is 0 Å². The zero-order valence-corrected chi connectivity index (χ0v) is 9.96. The van der Waals surface area contributed by atoms with Crippen molar-refractivity contribution in [3.05, 3.63) is 81.0 Å². The highest BCUT2D eigenvalue weighted by molar-refractivity contribution is 5.67. The van der Waals surface area contributed by atoms with Gasteiger partial charge in [0.25, 0.3) is 0 Å². The minimum Gasteiger partial charge on any atom is -0.0798 e. The molecule has 0 aliphatic carbocycles. The Labute approximate surface area is 109 Å². The summed E-state index contributed by atoms with van der Waals surface area (Å²) in [5.74, 6) is 0. The lowest BCUT2D eigenvalue weighted by molar-refractivity contribution is 0.758. The Kier molecular flexibility index (Phi) is 4.03. The third-order valence-corrected chi connectivity index (χ3v) is 2.65. The van der Waals surface area contributed by atoms with Gasteiger partial charge in [-0.3, -0.25) is 0 Å². The molecule has 0 aromatic heterocycles. The van der Waals surface area contributed by atoms with E-state index in [0.717, 1.165) is 11.1 Å². The predicted octanol–water partition coefficient (Wildman–Crippen LogP) is 4.97. The molecule has 0 aliphatic heterocycles. The van der Waals surface area contributed by atoms with Crippen LogP contribution >= 0.6 is 0 Å². The highest BCUT2D eigenvalue weighted by atomic mass is 15.3. The summed E-state index contributed by atoms with van der Waals surface area (Å²) in [7, 11) is 0. The Morgan fingerprint density at radius 2 is 1.37 bits per heavy atom. The Balaban J connectivity index is 2.58. The van der Waals surface area contributed by atoms with Crippen LogP contribution in [0, 0.1) is 0 Å². The van der Waals surface area contributed by atoms with Gasteiger partial charge in [0.1, 0.15) is 6.17 Å². The second-order valence-corrected chi connectivity index (χ2v) is 3.74. The van der Waals surface area contributed by atoms with Crippen LogP contribution in [-0.2, 0) is 0 Å². The Hall–Kier alpha value is -2.94. The van der Waals surface area contributed by atoms with Crippen molar-refractivity contribution in [3.8, 4) is 11.1 Å². The third-order valence-electron chi connectivity index (χ3n) is 2.65. The zero-order valence-electron chi connectivity index (χ0n) is 9.96. The number of hydrogen-bond acceptors (Lipinski definition) is 2. The largest absolute Gasteiger partial charge is 0.141 e. The van der Waals surface area contributed by atoms with Gasteiger partial charge in [-0.1, -0.05) is 64.8 Å². The van der Waals surface area contributed by atoms with E-state index in [9.17, 15) is 0 Å². The van der Waals surface area contributed by atoms with Gasteiger partial charge < -0.3 is 0 Å². The first-order valence-corrected chi connectivity index (χ1v) is 5.59. The van der Waals surface area contributed by atoms with Crippen LogP contribution in [0.25, 0.3) is 32.0 Å². The van der Waals surface area contributed by atoms with Gasteiger partial charge >= 0.3 is 0 Å². The molecule has 19 heavy (non-hydrogen) atoms. The number of azide groups is 1. The molecule has 2 aromatic rings. The Bertz CT molecular complexity index is 636. The molecule has 0 fully saturated rings. The first-order valence-electron chi connectivity index (χ1n) is 5.59. The van der Waals surface area contributed by atoms with Crippen LogP contribution in [0.3, 0.4) is 0 Å². The van der Waals surface area contributed by atoms with E-state index in [2.05, 4.69) is 20.1 Å². The Morgan fingerprint density at radius 3 is 2.00 bits per heavy atom. The smallest absolute Gasteiger partial charge is 0.0798 e. The van der Waals surface area contributed by atoms with Crippen LogP contribution in [0.5, 0.6) is 0 Å². The summed E-state index contributed by atoms with van der Waals surface area (Å²) < 4.78 is 0. The molecule has 92 valence electrons. The fourth-order valence-corrected chi connectivity index (χ4v) is 1.85. The quantitative estimate of drug-likeness (QED) is 0.415. The van der Waals surface area contributed by atoms with E-state index in [-0.39, 0.29) is 0 Å². The minimum absolute atomic E-state index is 0.685. The summed E-state index contributed by atoms with van der Waals surface area (Å²) in [5.41, 5.74) is 19.7. The molecule has 0 spiro atoms. The molecular formula is C13H10N6. The monoisotopic (exact) mass is 250 g/mol. The first kappa shape index (κ1) is 12.5. The van der Waals surface area contributed by atoms with Crippen LogP contribution in [0.15, 0.2) is 64.8 Å². The second-order valence-electron chi connectivity index (χ2n) is 3.74. The van der Waals surface area contributed by atoms with Crippen molar-refractivity contribution in [1.29, 1.82) is 0 Å². The average molecular weight is 250 g/mol. The summed E-state index contributed by atoms with van der Waals surface area (Å²) in [5, 5.41) is 7.06. The molecule has 6 heteroatoms. The number of hydrogen-bond donors (Lipinski definition) is 0. The Morgan fingerprint density at radius 1 is 0.789 bits per heavy atom. The summed E-state index contributed by atoms with van der Waals surface area (Å²) in [6, 6.07) is 17.0. The highest BCUT2D eigenvalue weighted by Crippen LogP contribution is 2.30. The van der Waals surface area contributed by atoms with E-state index in [1.807, 2.05) is 48.5 Å². The van der Waals surface area contributed by atoms with Crippen LogP contribution in [-0.4, -0.2) is 0 Å². The molecule has 6 nitrogen and oxygen atoms in total. The van der Waals surface area contributed by atoms with E-state index in [1.54, 1.807) is 6.07 Å². The van der Waals surface area contributed by atoms with E-state index in [1.165, 1.54) is 0 Å². The van der Waals surface area contributed by atoms with Crippen LogP contribution in [0.2, 0.25) is 0 Å². The van der Waals surface area contributed by atoms with Crippen LogP contribution in [0.1, 0.15) is 11.7 Å². The maximum atomic E-state index is 8.56. The topological polar surface area (TPSA) is 97.5 Å². The molecule has 2 rings (SSSR count). The van der Waals surface area contributed by atoms with Gasteiger partial charge in [-0.05, 0) is 27.8 Å². The maximum Gasteiger partial charge on any atom is 0.141 e. The summed E-state index contributed by atoms with van der Waals surface area (Å²) >= 11 is 0. The highest BCUT2D eigenvalue weighted by Gasteiger charge is 2.12. The number of rotatable bonds is 4. The maximum absolute atomic E-state index is 8.56. The van der Waals surface area contributed by atoms with E-state index < -0.39 is 6.17 Å². The van der Waals surface area contributed by atoms with Gasteiger partial charge in [-0.25, -0.2) is 0 Å². The molecule has 0 unspecified atom stereocenters. The first-order chi connectivity index (χ1) is 9.36. The van der Waals surface area contributed by atoms with E-state index >= 15 is 0 Å². The minimum atomic E-state index is -0.883. The van der Waals surface area contributed by atoms with Crippen molar-refractivity contribution in [2.24, 2.45) is 10.2 Å². The second kappa shape index (κ2) is 6.12.